The van der Waals surface area contributed by atoms with Gasteiger partial charge in [-0.15, -0.1) is 12.4 Å². The Bertz CT molecular complexity index is 434. The van der Waals surface area contributed by atoms with Gasteiger partial charge in [0.25, 0.3) is 0 Å². The number of amides is 1. The molecule has 0 fully saturated rings. The highest BCUT2D eigenvalue weighted by Crippen LogP contribution is 2.28. The molecule has 0 aliphatic carbocycles. The van der Waals surface area contributed by atoms with Crippen LogP contribution in [0.25, 0.3) is 0 Å². The van der Waals surface area contributed by atoms with E-state index in [2.05, 4.69) is 30.4 Å². The molecule has 106 valence electrons. The fourth-order valence-corrected chi connectivity index (χ4v) is 2.50. The van der Waals surface area contributed by atoms with Crippen LogP contribution in [0.5, 0.6) is 0 Å². The Hall–Kier alpha value is -1.06. The average molecular weight is 283 g/mol. The molecule has 0 atom stereocenters. The van der Waals surface area contributed by atoms with Gasteiger partial charge < -0.3 is 10.2 Å². The number of rotatable bonds is 4. The van der Waals surface area contributed by atoms with Crippen LogP contribution in [0.3, 0.4) is 0 Å². The first-order chi connectivity index (χ1) is 8.72. The maximum atomic E-state index is 12.2. The first-order valence-electron chi connectivity index (χ1n) is 6.77. The molecule has 0 aromatic heterocycles. The monoisotopic (exact) mass is 282 g/mol. The summed E-state index contributed by atoms with van der Waals surface area (Å²) in [4.78, 5) is 14.2. The van der Waals surface area contributed by atoms with E-state index in [0.717, 1.165) is 38.0 Å². The van der Waals surface area contributed by atoms with Gasteiger partial charge in [0, 0.05) is 18.7 Å². The zero-order valence-electron chi connectivity index (χ0n) is 11.7. The predicted molar refractivity (Wildman–Crippen MR) is 82.3 cm³/mol. The van der Waals surface area contributed by atoms with Gasteiger partial charge in [-0.1, -0.05) is 12.1 Å². The average Bonchev–Trinajstić information content (AvgIpc) is 2.38. The topological polar surface area (TPSA) is 32.3 Å². The van der Waals surface area contributed by atoms with Gasteiger partial charge in [-0.2, -0.15) is 0 Å². The number of aryl methyl sites for hydroxylation is 2. The van der Waals surface area contributed by atoms with Crippen molar-refractivity contribution in [1.29, 1.82) is 0 Å². The maximum Gasteiger partial charge on any atom is 0.227 e. The number of nitrogens with one attached hydrogen (secondary N) is 1. The summed E-state index contributed by atoms with van der Waals surface area (Å²) in [6.45, 7) is 3.85. The molecule has 1 aromatic carbocycles. The minimum atomic E-state index is 0. The highest BCUT2D eigenvalue weighted by Gasteiger charge is 2.21. The van der Waals surface area contributed by atoms with Crippen molar-refractivity contribution >= 4 is 24.0 Å². The maximum absolute atomic E-state index is 12.2. The van der Waals surface area contributed by atoms with Crippen molar-refractivity contribution in [2.75, 3.05) is 25.0 Å². The molecule has 0 unspecified atom stereocenters. The summed E-state index contributed by atoms with van der Waals surface area (Å²) in [6.07, 6.45) is 3.71. The van der Waals surface area contributed by atoms with Crippen LogP contribution in [-0.4, -0.2) is 26.0 Å². The quantitative estimate of drug-likeness (QED) is 0.861. The van der Waals surface area contributed by atoms with E-state index < -0.39 is 0 Å². The Morgan fingerprint density at radius 3 is 2.95 bits per heavy atom. The third-order valence-electron chi connectivity index (χ3n) is 3.48. The van der Waals surface area contributed by atoms with E-state index in [0.29, 0.717) is 6.42 Å². The van der Waals surface area contributed by atoms with Crippen molar-refractivity contribution < 1.29 is 4.79 Å². The Morgan fingerprint density at radius 1 is 1.42 bits per heavy atom. The lowest BCUT2D eigenvalue weighted by Crippen LogP contribution is -2.35. The van der Waals surface area contributed by atoms with Crippen LogP contribution < -0.4 is 10.2 Å². The molecule has 0 spiro atoms. The molecule has 3 nitrogen and oxygen atoms in total. The van der Waals surface area contributed by atoms with Crippen LogP contribution in [0, 0.1) is 6.92 Å². The molecule has 1 heterocycles. The molecule has 0 saturated carbocycles. The summed E-state index contributed by atoms with van der Waals surface area (Å²) < 4.78 is 0. The lowest BCUT2D eigenvalue weighted by molar-refractivity contribution is -0.118. The first-order valence-corrected chi connectivity index (χ1v) is 6.77. The molecule has 2 rings (SSSR count). The number of fused-ring (bicyclic) bond motifs is 1. The second-order valence-electron chi connectivity index (χ2n) is 4.99. The molecule has 1 amide bonds. The van der Waals surface area contributed by atoms with E-state index in [9.17, 15) is 4.79 Å². The molecular weight excluding hydrogens is 260 g/mol. The van der Waals surface area contributed by atoms with Crippen molar-refractivity contribution in [3.63, 3.8) is 0 Å². The molecule has 1 aliphatic rings. The lowest BCUT2D eigenvalue weighted by Gasteiger charge is -2.30. The molecule has 0 radical (unpaired) electrons. The summed E-state index contributed by atoms with van der Waals surface area (Å²) in [5.41, 5.74) is 3.67. The first kappa shape index (κ1) is 16.0. The van der Waals surface area contributed by atoms with E-state index in [1.165, 1.54) is 11.1 Å². The minimum absolute atomic E-state index is 0. The number of anilines is 1. The molecule has 19 heavy (non-hydrogen) atoms. The van der Waals surface area contributed by atoms with E-state index in [4.69, 9.17) is 0 Å². The van der Waals surface area contributed by atoms with Gasteiger partial charge in [0.15, 0.2) is 0 Å². The van der Waals surface area contributed by atoms with Crippen LogP contribution in [0.4, 0.5) is 5.69 Å². The molecular formula is C15H23ClN2O. The van der Waals surface area contributed by atoms with Crippen molar-refractivity contribution in [2.24, 2.45) is 0 Å². The fourth-order valence-electron chi connectivity index (χ4n) is 2.50. The number of nitrogens with zero attached hydrogens (tertiary/aromatic N) is 1. The van der Waals surface area contributed by atoms with Crippen molar-refractivity contribution in [3.8, 4) is 0 Å². The van der Waals surface area contributed by atoms with Crippen LogP contribution >= 0.6 is 12.4 Å². The molecule has 1 aliphatic heterocycles. The highest BCUT2D eigenvalue weighted by molar-refractivity contribution is 5.94. The lowest BCUT2D eigenvalue weighted by atomic mass is 9.99. The predicted octanol–water partition coefficient (Wildman–Crippen LogP) is 2.70. The molecule has 4 heteroatoms. The highest BCUT2D eigenvalue weighted by atomic mass is 35.5. The summed E-state index contributed by atoms with van der Waals surface area (Å²) in [5.74, 6) is 0.261. The molecule has 0 bridgehead atoms. The Morgan fingerprint density at radius 2 is 2.21 bits per heavy atom. The second-order valence-corrected chi connectivity index (χ2v) is 4.99. The van der Waals surface area contributed by atoms with Gasteiger partial charge >= 0.3 is 0 Å². The van der Waals surface area contributed by atoms with Gasteiger partial charge in [0.05, 0.1) is 0 Å². The van der Waals surface area contributed by atoms with Crippen molar-refractivity contribution in [2.45, 2.75) is 32.6 Å². The standard InChI is InChI=1S/C15H22N2O.ClH/c1-12-7-8-13-5-4-10-17(14(13)11-12)15(18)6-3-9-16-2;/h7-8,11,16H,3-6,9-10H2,1-2H3;1H. The zero-order chi connectivity index (χ0) is 13.0. The molecule has 1 N–H and O–H groups in total. The second kappa shape index (κ2) is 7.51. The minimum Gasteiger partial charge on any atom is -0.320 e. The number of carbonyl (C=O) groups excluding carboxylic acids is 1. The Kier molecular flexibility index (Phi) is 6.32. The number of halogens is 1. The summed E-state index contributed by atoms with van der Waals surface area (Å²) >= 11 is 0. The zero-order valence-corrected chi connectivity index (χ0v) is 12.6. The SMILES string of the molecule is CNCCCC(=O)N1CCCc2ccc(C)cc21.Cl. The largest absolute Gasteiger partial charge is 0.320 e. The van der Waals surface area contributed by atoms with Crippen molar-refractivity contribution in [3.05, 3.63) is 29.3 Å². The smallest absolute Gasteiger partial charge is 0.227 e. The van der Waals surface area contributed by atoms with Crippen LogP contribution in [0.1, 0.15) is 30.4 Å². The normalized spacial score (nSPS) is 13.7. The number of hydrogen-bond donors (Lipinski definition) is 1. The van der Waals surface area contributed by atoms with Gasteiger partial charge in [-0.25, -0.2) is 0 Å². The number of benzene rings is 1. The van der Waals surface area contributed by atoms with E-state index in [-0.39, 0.29) is 18.3 Å². The van der Waals surface area contributed by atoms with Crippen molar-refractivity contribution in [1.82, 2.24) is 5.32 Å². The Balaban J connectivity index is 0.00000180. The third kappa shape index (κ3) is 3.95. The molecule has 1 aromatic rings. The van der Waals surface area contributed by atoms with Gasteiger partial charge in [0.1, 0.15) is 0 Å². The van der Waals surface area contributed by atoms with E-state index in [1.54, 1.807) is 0 Å². The molecule has 0 saturated heterocycles. The summed E-state index contributed by atoms with van der Waals surface area (Å²) in [6, 6.07) is 6.44. The van der Waals surface area contributed by atoms with E-state index in [1.807, 2.05) is 11.9 Å². The van der Waals surface area contributed by atoms with E-state index >= 15 is 0 Å². The van der Waals surface area contributed by atoms with Crippen LogP contribution in [0.2, 0.25) is 0 Å². The fraction of sp³-hybridized carbons (Fsp3) is 0.533. The number of hydrogen-bond acceptors (Lipinski definition) is 2. The summed E-state index contributed by atoms with van der Waals surface area (Å²) in [5, 5.41) is 3.08. The summed E-state index contributed by atoms with van der Waals surface area (Å²) in [7, 11) is 1.92. The van der Waals surface area contributed by atoms with Gasteiger partial charge in [-0.3, -0.25) is 4.79 Å². The van der Waals surface area contributed by atoms with Gasteiger partial charge in [0.2, 0.25) is 5.91 Å². The Labute approximate surface area is 121 Å². The third-order valence-corrected chi connectivity index (χ3v) is 3.48. The van der Waals surface area contributed by atoms with Crippen LogP contribution in [0.15, 0.2) is 18.2 Å². The van der Waals surface area contributed by atoms with Crippen LogP contribution in [-0.2, 0) is 11.2 Å². The van der Waals surface area contributed by atoms with Gasteiger partial charge in [-0.05, 0) is 57.0 Å². The number of carbonyl (C=O) groups is 1.